The van der Waals surface area contributed by atoms with E-state index >= 15 is 0 Å². The monoisotopic (exact) mass is 278 g/mol. The van der Waals surface area contributed by atoms with Crippen molar-refractivity contribution in [2.24, 2.45) is 5.92 Å². The third-order valence-corrected chi connectivity index (χ3v) is 3.83. The number of hydrogen-bond donors (Lipinski definition) is 0. The molecule has 0 spiro atoms. The molecule has 0 saturated carbocycles. The topological polar surface area (TPSA) is 26.3 Å². The zero-order chi connectivity index (χ0) is 13.7. The van der Waals surface area contributed by atoms with Crippen molar-refractivity contribution in [3.8, 4) is 0 Å². The second kappa shape index (κ2) is 6.76. The summed E-state index contributed by atoms with van der Waals surface area (Å²) < 4.78 is 4.99. The smallest absolute Gasteiger partial charge is 0.306 e. The maximum atomic E-state index is 11.5. The molecule has 0 aliphatic heterocycles. The molecule has 2 nitrogen and oxygen atoms in total. The fourth-order valence-electron chi connectivity index (χ4n) is 2.50. The van der Waals surface area contributed by atoms with Crippen molar-refractivity contribution in [1.82, 2.24) is 0 Å². The van der Waals surface area contributed by atoms with Crippen LogP contribution < -0.4 is 0 Å². The average Bonchev–Trinajstić information content (AvgIpc) is 2.41. The predicted octanol–water partition coefficient (Wildman–Crippen LogP) is 4.48. The van der Waals surface area contributed by atoms with Crippen LogP contribution in [-0.4, -0.2) is 12.6 Å². The predicted molar refractivity (Wildman–Crippen MR) is 78.0 cm³/mol. The van der Waals surface area contributed by atoms with Crippen LogP contribution in [0.4, 0.5) is 0 Å². The van der Waals surface area contributed by atoms with E-state index in [9.17, 15) is 4.79 Å². The standard InChI is InChI=1S/C16H19ClO2/c1-2-19-16(18)11-12-7-9-13(10-8-12)14-5-3-4-6-15(14)17/h3-6,9,12H,2,7-8,10-11H2,1H3. The van der Waals surface area contributed by atoms with E-state index in [1.54, 1.807) is 0 Å². The normalized spacial score (nSPS) is 18.8. The second-order valence-electron chi connectivity index (χ2n) is 4.86. The molecule has 1 unspecified atom stereocenters. The van der Waals surface area contributed by atoms with Crippen LogP contribution in [0.3, 0.4) is 0 Å². The van der Waals surface area contributed by atoms with Gasteiger partial charge in [0.15, 0.2) is 0 Å². The summed E-state index contributed by atoms with van der Waals surface area (Å²) in [7, 11) is 0. The molecule has 1 aromatic rings. The molecule has 0 aromatic heterocycles. The van der Waals surface area contributed by atoms with Gasteiger partial charge in [-0.15, -0.1) is 0 Å². The van der Waals surface area contributed by atoms with E-state index in [-0.39, 0.29) is 5.97 Å². The molecule has 0 amide bonds. The second-order valence-corrected chi connectivity index (χ2v) is 5.27. The van der Waals surface area contributed by atoms with Crippen molar-refractivity contribution in [2.75, 3.05) is 6.61 Å². The van der Waals surface area contributed by atoms with Crippen molar-refractivity contribution in [2.45, 2.75) is 32.6 Å². The van der Waals surface area contributed by atoms with Gasteiger partial charge in [0.25, 0.3) is 0 Å². The summed E-state index contributed by atoms with van der Waals surface area (Å²) in [6.07, 6.45) is 5.68. The first-order valence-electron chi connectivity index (χ1n) is 6.80. The van der Waals surface area contributed by atoms with E-state index < -0.39 is 0 Å². The summed E-state index contributed by atoms with van der Waals surface area (Å²) in [5, 5.41) is 0.803. The summed E-state index contributed by atoms with van der Waals surface area (Å²) in [6, 6.07) is 7.92. The third-order valence-electron chi connectivity index (χ3n) is 3.50. The number of esters is 1. The fourth-order valence-corrected chi connectivity index (χ4v) is 2.75. The zero-order valence-electron chi connectivity index (χ0n) is 11.2. The molecule has 1 aliphatic carbocycles. The minimum absolute atomic E-state index is 0.0814. The minimum Gasteiger partial charge on any atom is -0.466 e. The van der Waals surface area contributed by atoms with Crippen LogP contribution in [0.1, 0.15) is 38.2 Å². The lowest BCUT2D eigenvalue weighted by Gasteiger charge is -2.21. The van der Waals surface area contributed by atoms with Crippen LogP contribution in [0.15, 0.2) is 30.3 Å². The molecule has 3 heteroatoms. The first kappa shape index (κ1) is 14.1. The Labute approximate surface area is 119 Å². The van der Waals surface area contributed by atoms with Gasteiger partial charge in [-0.2, -0.15) is 0 Å². The van der Waals surface area contributed by atoms with Crippen molar-refractivity contribution < 1.29 is 9.53 Å². The molecule has 1 aliphatic rings. The minimum atomic E-state index is -0.0814. The quantitative estimate of drug-likeness (QED) is 0.759. The molecule has 0 heterocycles. The molecule has 19 heavy (non-hydrogen) atoms. The summed E-state index contributed by atoms with van der Waals surface area (Å²) in [6.45, 7) is 2.31. The SMILES string of the molecule is CCOC(=O)CC1CC=C(c2ccccc2Cl)CC1. The highest BCUT2D eigenvalue weighted by Gasteiger charge is 2.19. The Morgan fingerprint density at radius 3 is 2.84 bits per heavy atom. The number of carbonyl (C=O) groups excluding carboxylic acids is 1. The zero-order valence-corrected chi connectivity index (χ0v) is 12.0. The van der Waals surface area contributed by atoms with Crippen LogP contribution in [0.25, 0.3) is 5.57 Å². The van der Waals surface area contributed by atoms with Crippen molar-refractivity contribution in [3.63, 3.8) is 0 Å². The van der Waals surface area contributed by atoms with Crippen molar-refractivity contribution in [1.29, 1.82) is 0 Å². The Hall–Kier alpha value is -1.28. The number of hydrogen-bond acceptors (Lipinski definition) is 2. The van der Waals surface area contributed by atoms with E-state index in [1.165, 1.54) is 5.57 Å². The van der Waals surface area contributed by atoms with Gasteiger partial charge in [-0.3, -0.25) is 4.79 Å². The molecule has 0 saturated heterocycles. The van der Waals surface area contributed by atoms with Gasteiger partial charge in [-0.1, -0.05) is 35.9 Å². The van der Waals surface area contributed by atoms with E-state index in [4.69, 9.17) is 16.3 Å². The Kier molecular flexibility index (Phi) is 5.03. The Morgan fingerprint density at radius 2 is 2.21 bits per heavy atom. The number of ether oxygens (including phenoxy) is 1. The van der Waals surface area contributed by atoms with Gasteiger partial charge in [-0.05, 0) is 49.3 Å². The van der Waals surface area contributed by atoms with E-state index in [0.717, 1.165) is 29.8 Å². The maximum absolute atomic E-state index is 11.5. The van der Waals surface area contributed by atoms with Crippen LogP contribution in [0, 0.1) is 5.92 Å². The van der Waals surface area contributed by atoms with Crippen molar-refractivity contribution >= 4 is 23.1 Å². The molecular weight excluding hydrogens is 260 g/mol. The Balaban J connectivity index is 1.97. The van der Waals surface area contributed by atoms with Gasteiger partial charge in [0.05, 0.1) is 6.61 Å². The molecule has 1 aromatic carbocycles. The lowest BCUT2D eigenvalue weighted by molar-refractivity contribution is -0.144. The average molecular weight is 279 g/mol. The van der Waals surface area contributed by atoms with E-state index in [1.807, 2.05) is 25.1 Å². The summed E-state index contributed by atoms with van der Waals surface area (Å²) >= 11 is 6.20. The van der Waals surface area contributed by atoms with E-state index in [0.29, 0.717) is 18.9 Å². The van der Waals surface area contributed by atoms with Gasteiger partial charge >= 0.3 is 5.97 Å². The van der Waals surface area contributed by atoms with Crippen LogP contribution in [-0.2, 0) is 9.53 Å². The summed E-state index contributed by atoms with van der Waals surface area (Å²) in [5.41, 5.74) is 2.42. The first-order valence-corrected chi connectivity index (χ1v) is 7.18. The highest BCUT2D eigenvalue weighted by atomic mass is 35.5. The fraction of sp³-hybridized carbons (Fsp3) is 0.438. The summed E-state index contributed by atoms with van der Waals surface area (Å²) in [4.78, 5) is 11.5. The van der Waals surface area contributed by atoms with Gasteiger partial charge in [0, 0.05) is 11.4 Å². The number of benzene rings is 1. The number of allylic oxidation sites excluding steroid dienone is 2. The molecule has 102 valence electrons. The van der Waals surface area contributed by atoms with Crippen molar-refractivity contribution in [3.05, 3.63) is 40.9 Å². The first-order chi connectivity index (χ1) is 9.20. The number of halogens is 1. The Morgan fingerprint density at radius 1 is 1.42 bits per heavy atom. The molecule has 0 N–H and O–H groups in total. The number of rotatable bonds is 4. The molecule has 0 radical (unpaired) electrons. The maximum Gasteiger partial charge on any atom is 0.306 e. The Bertz CT molecular complexity index is 479. The highest BCUT2D eigenvalue weighted by Crippen LogP contribution is 2.34. The molecule has 2 rings (SSSR count). The number of carbonyl (C=O) groups is 1. The molecule has 1 atom stereocenters. The lowest BCUT2D eigenvalue weighted by Crippen LogP contribution is -2.13. The van der Waals surface area contributed by atoms with Gasteiger partial charge in [-0.25, -0.2) is 0 Å². The van der Waals surface area contributed by atoms with Gasteiger partial charge in [0.1, 0.15) is 0 Å². The largest absolute Gasteiger partial charge is 0.466 e. The third kappa shape index (κ3) is 3.84. The molecule has 0 fully saturated rings. The molecule has 0 bridgehead atoms. The lowest BCUT2D eigenvalue weighted by atomic mass is 9.85. The van der Waals surface area contributed by atoms with Gasteiger partial charge < -0.3 is 4.74 Å². The van der Waals surface area contributed by atoms with Gasteiger partial charge in [0.2, 0.25) is 0 Å². The van der Waals surface area contributed by atoms with Crippen LogP contribution in [0.5, 0.6) is 0 Å². The summed E-state index contributed by atoms with van der Waals surface area (Å²) in [5.74, 6) is 0.326. The molecular formula is C16H19ClO2. The highest BCUT2D eigenvalue weighted by molar-refractivity contribution is 6.32. The van der Waals surface area contributed by atoms with Crippen LogP contribution in [0.2, 0.25) is 5.02 Å². The van der Waals surface area contributed by atoms with Crippen LogP contribution >= 0.6 is 11.6 Å². The van der Waals surface area contributed by atoms with E-state index in [2.05, 4.69) is 12.1 Å².